The van der Waals surface area contributed by atoms with Gasteiger partial charge in [-0.3, -0.25) is 24.6 Å². The van der Waals surface area contributed by atoms with Crippen LogP contribution < -0.4 is 10.1 Å². The van der Waals surface area contributed by atoms with Gasteiger partial charge in [0.1, 0.15) is 24.2 Å². The van der Waals surface area contributed by atoms with Crippen LogP contribution >= 0.6 is 0 Å². The molecule has 3 amide bonds. The minimum atomic E-state index is -3.73. The van der Waals surface area contributed by atoms with E-state index in [1.165, 1.54) is 0 Å². The number of nitrogens with zero attached hydrogens (tertiary/aromatic N) is 2. The predicted molar refractivity (Wildman–Crippen MR) is 119 cm³/mol. The van der Waals surface area contributed by atoms with Gasteiger partial charge in [-0.15, -0.1) is 0 Å². The van der Waals surface area contributed by atoms with Crippen molar-refractivity contribution in [3.05, 3.63) is 64.5 Å². The Balaban J connectivity index is 1.53. The van der Waals surface area contributed by atoms with Crippen LogP contribution in [-0.4, -0.2) is 59.7 Å². The summed E-state index contributed by atoms with van der Waals surface area (Å²) in [5, 5.41) is 1.57. The molecule has 1 N–H and O–H groups in total. The van der Waals surface area contributed by atoms with Gasteiger partial charge in [0.05, 0.1) is 30.6 Å². The third-order valence-corrected chi connectivity index (χ3v) is 4.67. The van der Waals surface area contributed by atoms with Crippen LogP contribution in [0.2, 0.25) is 0 Å². The Bertz CT molecular complexity index is 1860. The van der Waals surface area contributed by atoms with Gasteiger partial charge in [-0.25, -0.2) is 4.39 Å². The largest absolute Gasteiger partial charge is 0.488 e. The van der Waals surface area contributed by atoms with Crippen LogP contribution in [0.5, 0.6) is 5.75 Å². The number of imide groups is 1. The number of hydrogen-bond donors (Lipinski definition) is 1. The first-order valence-electron chi connectivity index (χ1n) is 18.6. The molecule has 0 saturated carbocycles. The maximum Gasteiger partial charge on any atom is 0.255 e. The molecule has 0 bridgehead atoms. The lowest BCUT2D eigenvalue weighted by Crippen LogP contribution is -2.52. The minimum Gasteiger partial charge on any atom is -0.488 e. The maximum absolute atomic E-state index is 15.7. The monoisotopic (exact) mass is 485 g/mol. The summed E-state index contributed by atoms with van der Waals surface area (Å²) in [6, 6.07) is 1.92. The topological polar surface area (TPSA) is 88.2 Å². The van der Waals surface area contributed by atoms with Crippen LogP contribution in [0.25, 0.3) is 0 Å². The van der Waals surface area contributed by atoms with Crippen molar-refractivity contribution in [2.24, 2.45) is 0 Å². The van der Waals surface area contributed by atoms with Crippen molar-refractivity contribution < 1.29 is 52.9 Å². The number of morpholine rings is 1. The predicted octanol–water partition coefficient (Wildman–Crippen LogP) is 2.00. The van der Waals surface area contributed by atoms with E-state index in [1.54, 1.807) is 5.32 Å². The first-order chi connectivity index (χ1) is 23.2. The molecule has 0 aromatic heterocycles. The lowest BCUT2D eigenvalue weighted by Gasteiger charge is -2.29. The highest BCUT2D eigenvalue weighted by molar-refractivity contribution is 6.05. The quantitative estimate of drug-likeness (QED) is 0.630. The van der Waals surface area contributed by atoms with Crippen LogP contribution in [0.3, 0.4) is 0 Å². The van der Waals surface area contributed by atoms with Crippen molar-refractivity contribution in [3.8, 4) is 5.75 Å². The molecule has 2 aromatic rings. The highest BCUT2D eigenvalue weighted by Gasteiger charge is 2.40. The lowest BCUT2D eigenvalue weighted by molar-refractivity contribution is -0.136. The van der Waals surface area contributed by atoms with Crippen LogP contribution in [0.1, 0.15) is 64.5 Å². The van der Waals surface area contributed by atoms with Crippen molar-refractivity contribution in [3.63, 3.8) is 0 Å². The standard InChI is InChI=1S/C25H26FN3O5/c26-20-12-16(13-28-8-10-33-11-9-28)4-5-17(20)15-34-22-3-1-2-18-19(22)14-29(25(18)32)21-6-7-23(30)27-24(21)31/h1-5,12,21H,6-11,13-15H2,(H,27,30,31)/i6D2,7D2,8D2,9D2,10D2,11D2,13D2,14D2,15D2. The van der Waals surface area contributed by atoms with E-state index in [-0.39, 0.29) is 11.0 Å². The number of fused-ring (bicyclic) bond motifs is 1. The highest BCUT2D eigenvalue weighted by Crippen LogP contribution is 2.34. The van der Waals surface area contributed by atoms with Gasteiger partial charge in [-0.05, 0) is 30.1 Å². The number of carbonyl (C=O) groups excluding carboxylic acids is 3. The fraction of sp³-hybridized carbons (Fsp3) is 0.400. The van der Waals surface area contributed by atoms with Gasteiger partial charge < -0.3 is 14.4 Å². The Morgan fingerprint density at radius 1 is 1.21 bits per heavy atom. The summed E-state index contributed by atoms with van der Waals surface area (Å²) in [4.78, 5) is 37.9. The van der Waals surface area contributed by atoms with Crippen LogP contribution in [0.15, 0.2) is 36.4 Å². The summed E-state index contributed by atoms with van der Waals surface area (Å²) in [5.41, 5.74) is -3.36. The van der Waals surface area contributed by atoms with Crippen molar-refractivity contribution >= 4 is 17.7 Å². The van der Waals surface area contributed by atoms with Gasteiger partial charge in [0.15, 0.2) is 0 Å². The SMILES string of the molecule is [2H]C([2H])(Oc1cccc2c1C([2H])([2H])N(C1C(=O)NC(=O)C([2H])([2H])C1([2H])[2H])C2=O)c1ccc(C([2H])([2H])N2C([2H])([2H])C([2H])([2H])OC([2H])([2H])C2([2H])[2H])cc1F. The normalized spacial score (nSPS) is 40.0. The first-order valence-corrected chi connectivity index (χ1v) is 9.55. The summed E-state index contributed by atoms with van der Waals surface area (Å²) >= 11 is 0. The highest BCUT2D eigenvalue weighted by atomic mass is 19.1. The molecular weight excluding hydrogens is 441 g/mol. The minimum absolute atomic E-state index is 0.0326. The smallest absolute Gasteiger partial charge is 0.255 e. The fourth-order valence-electron chi connectivity index (χ4n) is 3.14. The molecular formula is C25H26FN3O5. The van der Waals surface area contributed by atoms with E-state index in [1.807, 2.05) is 0 Å². The van der Waals surface area contributed by atoms with Crippen molar-refractivity contribution in [1.29, 1.82) is 0 Å². The Labute approximate surface area is 221 Å². The van der Waals surface area contributed by atoms with Crippen molar-refractivity contribution in [2.75, 3.05) is 26.1 Å². The van der Waals surface area contributed by atoms with Gasteiger partial charge in [0.2, 0.25) is 11.8 Å². The fourth-order valence-corrected chi connectivity index (χ4v) is 3.14. The average molecular weight is 486 g/mol. The summed E-state index contributed by atoms with van der Waals surface area (Å²) < 4.78 is 173. The number of benzene rings is 2. The van der Waals surface area contributed by atoms with E-state index in [2.05, 4.69) is 4.74 Å². The molecule has 0 aliphatic carbocycles. The molecule has 2 fully saturated rings. The number of amides is 3. The van der Waals surface area contributed by atoms with Crippen molar-refractivity contribution in [1.82, 2.24) is 15.1 Å². The molecule has 0 radical (unpaired) electrons. The Morgan fingerprint density at radius 3 is 2.82 bits per heavy atom. The molecule has 8 nitrogen and oxygen atoms in total. The second-order valence-corrected chi connectivity index (χ2v) is 6.83. The Hall–Kier alpha value is -3.30. The number of ether oxygens (including phenoxy) is 2. The molecule has 34 heavy (non-hydrogen) atoms. The number of hydrogen-bond acceptors (Lipinski definition) is 6. The molecule has 5 rings (SSSR count). The number of piperidine rings is 1. The molecule has 3 heterocycles. The zero-order chi connectivity index (χ0) is 39.8. The van der Waals surface area contributed by atoms with E-state index < -0.39 is 121 Å². The van der Waals surface area contributed by atoms with E-state index in [9.17, 15) is 14.4 Å². The molecule has 0 spiro atoms. The van der Waals surface area contributed by atoms with Crippen LogP contribution in [0, 0.1) is 5.82 Å². The number of nitrogens with one attached hydrogen (secondary N) is 1. The lowest BCUT2D eigenvalue weighted by atomic mass is 10.0. The van der Waals surface area contributed by atoms with Crippen LogP contribution in [-0.2, 0) is 33.9 Å². The third kappa shape index (κ3) is 4.53. The average Bonchev–Trinajstić information content (AvgIpc) is 3.15. The molecule has 1 atom stereocenters. The van der Waals surface area contributed by atoms with Gasteiger partial charge in [-0.2, -0.15) is 0 Å². The third-order valence-electron chi connectivity index (χ3n) is 4.67. The molecule has 9 heteroatoms. The summed E-state index contributed by atoms with van der Waals surface area (Å²) in [6.07, 6.45) is -6.92. The first kappa shape index (κ1) is 9.75. The van der Waals surface area contributed by atoms with Gasteiger partial charge in [-0.1, -0.05) is 18.2 Å². The van der Waals surface area contributed by atoms with E-state index in [0.29, 0.717) is 12.1 Å². The number of halogens is 1. The number of rotatable bonds is 6. The Morgan fingerprint density at radius 2 is 2.03 bits per heavy atom. The molecule has 3 aliphatic rings. The van der Waals surface area contributed by atoms with Gasteiger partial charge in [0, 0.05) is 56.3 Å². The maximum atomic E-state index is 15.7. The molecule has 2 aromatic carbocycles. The molecule has 2 saturated heterocycles. The zero-order valence-corrected chi connectivity index (χ0v) is 16.9. The molecule has 1 unspecified atom stereocenters. The van der Waals surface area contributed by atoms with Crippen LogP contribution in [0.4, 0.5) is 4.39 Å². The van der Waals surface area contributed by atoms with Gasteiger partial charge >= 0.3 is 0 Å². The second-order valence-electron chi connectivity index (χ2n) is 6.83. The van der Waals surface area contributed by atoms with Crippen molar-refractivity contribution in [2.45, 2.75) is 38.3 Å². The summed E-state index contributed by atoms with van der Waals surface area (Å²) in [6.45, 7) is -24.9. The second kappa shape index (κ2) is 9.52. The van der Waals surface area contributed by atoms with E-state index >= 15 is 4.39 Å². The Kier molecular flexibility index (Phi) is 2.73. The number of carbonyl (C=O) groups is 3. The molecule has 178 valence electrons. The summed E-state index contributed by atoms with van der Waals surface area (Å²) in [5.74, 6) is -7.03. The zero-order valence-electron chi connectivity index (χ0n) is 34.9. The van der Waals surface area contributed by atoms with Gasteiger partial charge in [0.25, 0.3) is 5.91 Å². The van der Waals surface area contributed by atoms with E-state index in [4.69, 9.17) is 29.4 Å². The summed E-state index contributed by atoms with van der Waals surface area (Å²) in [7, 11) is 0. The molecule has 3 aliphatic heterocycles. The van der Waals surface area contributed by atoms with E-state index in [0.717, 1.165) is 18.2 Å².